The SMILES string of the molecule is Cc1cc(C(Br)c2cc(Br)ccc2I)ccc1F. The molecular weight excluding hydrogens is 474 g/mol. The van der Waals surface area contributed by atoms with Gasteiger partial charge in [0.15, 0.2) is 0 Å². The van der Waals surface area contributed by atoms with E-state index in [9.17, 15) is 4.39 Å². The van der Waals surface area contributed by atoms with E-state index in [0.29, 0.717) is 5.56 Å². The normalized spacial score (nSPS) is 12.5. The Kier molecular flexibility index (Phi) is 4.83. The predicted octanol–water partition coefficient (Wildman–Crippen LogP) is 5.99. The first-order chi connectivity index (χ1) is 8.49. The van der Waals surface area contributed by atoms with Gasteiger partial charge in [-0.1, -0.05) is 44.0 Å². The van der Waals surface area contributed by atoms with Crippen molar-refractivity contribution in [2.75, 3.05) is 0 Å². The van der Waals surface area contributed by atoms with Gasteiger partial charge in [0.25, 0.3) is 0 Å². The van der Waals surface area contributed by atoms with Crippen LogP contribution in [0.1, 0.15) is 21.5 Å². The second kappa shape index (κ2) is 6.01. The van der Waals surface area contributed by atoms with Crippen molar-refractivity contribution < 1.29 is 4.39 Å². The van der Waals surface area contributed by atoms with Gasteiger partial charge < -0.3 is 0 Å². The van der Waals surface area contributed by atoms with Gasteiger partial charge in [-0.15, -0.1) is 0 Å². The highest BCUT2D eigenvalue weighted by Gasteiger charge is 2.14. The number of hydrogen-bond donors (Lipinski definition) is 0. The first-order valence-corrected chi connectivity index (χ1v) is 8.13. The van der Waals surface area contributed by atoms with Crippen LogP contribution >= 0.6 is 54.5 Å². The molecule has 2 rings (SSSR count). The van der Waals surface area contributed by atoms with E-state index in [1.165, 1.54) is 15.2 Å². The number of alkyl halides is 1. The molecule has 18 heavy (non-hydrogen) atoms. The van der Waals surface area contributed by atoms with Crippen molar-refractivity contribution in [3.05, 3.63) is 66.9 Å². The number of halogens is 4. The zero-order valence-electron chi connectivity index (χ0n) is 9.55. The van der Waals surface area contributed by atoms with E-state index in [2.05, 4.69) is 66.6 Å². The van der Waals surface area contributed by atoms with Crippen LogP contribution in [0.3, 0.4) is 0 Å². The number of benzene rings is 2. The van der Waals surface area contributed by atoms with Crippen LogP contribution in [0.4, 0.5) is 4.39 Å². The second-order valence-corrected chi connectivity index (χ2v) is 7.03. The molecule has 0 aliphatic rings. The highest BCUT2D eigenvalue weighted by molar-refractivity contribution is 14.1. The lowest BCUT2D eigenvalue weighted by Gasteiger charge is -2.14. The van der Waals surface area contributed by atoms with Crippen molar-refractivity contribution in [2.45, 2.75) is 11.8 Å². The van der Waals surface area contributed by atoms with Gasteiger partial charge in [-0.05, 0) is 70.5 Å². The molecular formula is C14H10Br2FI. The maximum atomic E-state index is 13.3. The van der Waals surface area contributed by atoms with Gasteiger partial charge >= 0.3 is 0 Å². The van der Waals surface area contributed by atoms with Crippen molar-refractivity contribution >= 4 is 54.5 Å². The third-order valence-electron chi connectivity index (χ3n) is 2.71. The van der Waals surface area contributed by atoms with Gasteiger partial charge in [0.1, 0.15) is 5.82 Å². The number of aryl methyl sites for hydroxylation is 1. The highest BCUT2D eigenvalue weighted by atomic mass is 127. The van der Waals surface area contributed by atoms with Crippen molar-refractivity contribution in [1.82, 2.24) is 0 Å². The summed E-state index contributed by atoms with van der Waals surface area (Å²) in [6, 6.07) is 11.4. The lowest BCUT2D eigenvalue weighted by Crippen LogP contribution is -1.97. The van der Waals surface area contributed by atoms with Crippen molar-refractivity contribution in [3.63, 3.8) is 0 Å². The fraction of sp³-hybridized carbons (Fsp3) is 0.143. The summed E-state index contributed by atoms with van der Waals surface area (Å²) in [7, 11) is 0. The Morgan fingerprint density at radius 1 is 1.17 bits per heavy atom. The summed E-state index contributed by atoms with van der Waals surface area (Å²) < 4.78 is 15.5. The standard InChI is InChI=1S/C14H10Br2FI/c1-8-6-9(2-4-12(8)17)14(16)11-7-10(15)3-5-13(11)18/h2-7,14H,1H3. The molecule has 0 saturated heterocycles. The summed E-state index contributed by atoms with van der Waals surface area (Å²) in [6.45, 7) is 1.78. The Labute approximate surface area is 136 Å². The first-order valence-electron chi connectivity index (χ1n) is 5.34. The lowest BCUT2D eigenvalue weighted by atomic mass is 10.0. The molecule has 0 aliphatic carbocycles. The molecule has 0 nitrogen and oxygen atoms in total. The van der Waals surface area contributed by atoms with E-state index < -0.39 is 0 Å². The fourth-order valence-corrected chi connectivity index (χ4v) is 3.83. The summed E-state index contributed by atoms with van der Waals surface area (Å²) >= 11 is 9.48. The Hall–Kier alpha value is 0.0600. The van der Waals surface area contributed by atoms with E-state index >= 15 is 0 Å². The van der Waals surface area contributed by atoms with E-state index in [1.54, 1.807) is 6.92 Å². The van der Waals surface area contributed by atoms with E-state index in [0.717, 1.165) is 10.0 Å². The quantitative estimate of drug-likeness (QED) is 0.364. The van der Waals surface area contributed by atoms with Gasteiger partial charge in [-0.2, -0.15) is 0 Å². The van der Waals surface area contributed by atoms with Crippen molar-refractivity contribution in [1.29, 1.82) is 0 Å². The molecule has 0 N–H and O–H groups in total. The number of rotatable bonds is 2. The first kappa shape index (κ1) is 14.5. The molecule has 0 aromatic heterocycles. The average Bonchev–Trinajstić information content (AvgIpc) is 2.35. The zero-order valence-corrected chi connectivity index (χ0v) is 14.9. The summed E-state index contributed by atoms with van der Waals surface area (Å²) in [5.74, 6) is -0.164. The summed E-state index contributed by atoms with van der Waals surface area (Å²) in [5.41, 5.74) is 2.91. The maximum Gasteiger partial charge on any atom is 0.126 e. The minimum Gasteiger partial charge on any atom is -0.207 e. The third-order valence-corrected chi connectivity index (χ3v) is 5.20. The molecule has 0 spiro atoms. The van der Waals surface area contributed by atoms with Gasteiger partial charge in [0.05, 0.1) is 4.83 Å². The van der Waals surface area contributed by atoms with Crippen molar-refractivity contribution in [2.24, 2.45) is 0 Å². The van der Waals surface area contributed by atoms with Crippen LogP contribution in [0.15, 0.2) is 40.9 Å². The molecule has 0 saturated carbocycles. The van der Waals surface area contributed by atoms with E-state index in [-0.39, 0.29) is 10.6 Å². The Morgan fingerprint density at radius 2 is 1.89 bits per heavy atom. The summed E-state index contributed by atoms with van der Waals surface area (Å²) in [6.07, 6.45) is 0. The van der Waals surface area contributed by atoms with Crippen LogP contribution in [0, 0.1) is 16.3 Å². The monoisotopic (exact) mass is 482 g/mol. The number of hydrogen-bond acceptors (Lipinski definition) is 0. The van der Waals surface area contributed by atoms with Crippen molar-refractivity contribution in [3.8, 4) is 0 Å². The van der Waals surface area contributed by atoms with Crippen LogP contribution < -0.4 is 0 Å². The molecule has 0 amide bonds. The average molecular weight is 484 g/mol. The Balaban J connectivity index is 2.44. The minimum absolute atomic E-state index is 0.0706. The van der Waals surface area contributed by atoms with Crippen LogP contribution in [-0.2, 0) is 0 Å². The Bertz CT molecular complexity index is 584. The predicted molar refractivity (Wildman–Crippen MR) is 88.8 cm³/mol. The Morgan fingerprint density at radius 3 is 2.56 bits per heavy atom. The van der Waals surface area contributed by atoms with Crippen LogP contribution in [0.25, 0.3) is 0 Å². The minimum atomic E-state index is -0.164. The highest BCUT2D eigenvalue weighted by Crippen LogP contribution is 2.35. The zero-order chi connectivity index (χ0) is 13.3. The second-order valence-electron chi connectivity index (χ2n) is 4.04. The molecule has 94 valence electrons. The summed E-state index contributed by atoms with van der Waals surface area (Å²) in [5, 5.41) is 0. The van der Waals surface area contributed by atoms with Gasteiger partial charge in [0, 0.05) is 8.04 Å². The molecule has 2 aromatic carbocycles. The molecule has 0 radical (unpaired) electrons. The fourth-order valence-electron chi connectivity index (χ4n) is 1.71. The molecule has 0 bridgehead atoms. The molecule has 4 heteroatoms. The molecule has 0 heterocycles. The van der Waals surface area contributed by atoms with E-state index in [1.807, 2.05) is 18.2 Å². The van der Waals surface area contributed by atoms with Gasteiger partial charge in [-0.3, -0.25) is 0 Å². The smallest absolute Gasteiger partial charge is 0.126 e. The van der Waals surface area contributed by atoms with Crippen LogP contribution in [0.2, 0.25) is 0 Å². The molecule has 1 unspecified atom stereocenters. The molecule has 0 aliphatic heterocycles. The van der Waals surface area contributed by atoms with Gasteiger partial charge in [0.2, 0.25) is 0 Å². The van der Waals surface area contributed by atoms with Crippen LogP contribution in [0.5, 0.6) is 0 Å². The van der Waals surface area contributed by atoms with Gasteiger partial charge in [-0.25, -0.2) is 4.39 Å². The largest absolute Gasteiger partial charge is 0.207 e. The maximum absolute atomic E-state index is 13.3. The topological polar surface area (TPSA) is 0 Å². The van der Waals surface area contributed by atoms with E-state index in [4.69, 9.17) is 0 Å². The lowest BCUT2D eigenvalue weighted by molar-refractivity contribution is 0.617. The summed E-state index contributed by atoms with van der Waals surface area (Å²) in [4.78, 5) is 0.0706. The third kappa shape index (κ3) is 3.14. The molecule has 2 aromatic rings. The van der Waals surface area contributed by atoms with Crippen LogP contribution in [-0.4, -0.2) is 0 Å². The molecule has 0 fully saturated rings. The molecule has 1 atom stereocenters.